The molecule has 0 heterocycles. The zero-order valence-electron chi connectivity index (χ0n) is 13.5. The van der Waals surface area contributed by atoms with Gasteiger partial charge in [-0.05, 0) is 42.2 Å². The minimum atomic E-state index is -0.487. The first-order valence-electron chi connectivity index (χ1n) is 8.03. The van der Waals surface area contributed by atoms with Crippen molar-refractivity contribution < 1.29 is 9.90 Å². The fourth-order valence-electron chi connectivity index (χ4n) is 3.16. The topological polar surface area (TPSA) is 49.3 Å². The number of aliphatic hydroxyl groups excluding tert-OH is 1. The molecule has 3 heteroatoms. The Bertz CT molecular complexity index is 482. The van der Waals surface area contributed by atoms with Crippen LogP contribution in [-0.4, -0.2) is 17.1 Å². The molecule has 2 N–H and O–H groups in total. The van der Waals surface area contributed by atoms with Gasteiger partial charge in [0.1, 0.15) is 0 Å². The van der Waals surface area contributed by atoms with Crippen LogP contribution < -0.4 is 5.32 Å². The molecule has 1 aromatic carbocycles. The van der Waals surface area contributed by atoms with Crippen molar-refractivity contribution in [3.05, 3.63) is 29.3 Å². The second-order valence-electron chi connectivity index (χ2n) is 6.71. The molecule has 21 heavy (non-hydrogen) atoms. The Morgan fingerprint density at radius 3 is 2.14 bits per heavy atom. The van der Waals surface area contributed by atoms with Crippen LogP contribution in [0.25, 0.3) is 0 Å². The fourth-order valence-corrected chi connectivity index (χ4v) is 3.16. The van der Waals surface area contributed by atoms with Crippen molar-refractivity contribution in [3.8, 4) is 0 Å². The number of hydrogen-bond donors (Lipinski definition) is 2. The van der Waals surface area contributed by atoms with Gasteiger partial charge in [-0.3, -0.25) is 4.79 Å². The number of rotatable bonds is 4. The van der Waals surface area contributed by atoms with Gasteiger partial charge in [0.25, 0.3) is 0 Å². The van der Waals surface area contributed by atoms with Crippen LogP contribution in [0.3, 0.4) is 0 Å². The monoisotopic (exact) mass is 289 g/mol. The molecule has 0 spiro atoms. The molecule has 116 valence electrons. The maximum atomic E-state index is 12.5. The molecule has 0 aliphatic heterocycles. The van der Waals surface area contributed by atoms with E-state index in [2.05, 4.69) is 51.2 Å². The highest BCUT2D eigenvalue weighted by Gasteiger charge is 2.32. The average Bonchev–Trinajstić information content (AvgIpc) is 2.84. The van der Waals surface area contributed by atoms with Crippen molar-refractivity contribution in [1.82, 2.24) is 0 Å². The van der Waals surface area contributed by atoms with E-state index >= 15 is 0 Å². The molecule has 2 atom stereocenters. The molecule has 0 bridgehead atoms. The average molecular weight is 289 g/mol. The van der Waals surface area contributed by atoms with Crippen molar-refractivity contribution >= 4 is 11.6 Å². The van der Waals surface area contributed by atoms with Crippen LogP contribution >= 0.6 is 0 Å². The van der Waals surface area contributed by atoms with E-state index in [-0.39, 0.29) is 11.8 Å². The Balaban J connectivity index is 2.31. The van der Waals surface area contributed by atoms with Crippen LogP contribution in [0, 0.1) is 5.92 Å². The van der Waals surface area contributed by atoms with Gasteiger partial charge in [0.05, 0.1) is 12.0 Å². The number of para-hydroxylation sites is 1. The highest BCUT2D eigenvalue weighted by atomic mass is 16.3. The third kappa shape index (κ3) is 3.46. The van der Waals surface area contributed by atoms with Crippen molar-refractivity contribution in [2.24, 2.45) is 5.92 Å². The zero-order valence-corrected chi connectivity index (χ0v) is 13.5. The van der Waals surface area contributed by atoms with Crippen molar-refractivity contribution in [1.29, 1.82) is 0 Å². The van der Waals surface area contributed by atoms with E-state index in [4.69, 9.17) is 0 Å². The number of nitrogens with one attached hydrogen (secondary N) is 1. The molecule has 1 aliphatic rings. The van der Waals surface area contributed by atoms with Gasteiger partial charge in [0.2, 0.25) is 5.91 Å². The molecule has 3 nitrogen and oxygen atoms in total. The summed E-state index contributed by atoms with van der Waals surface area (Å²) in [5, 5.41) is 13.0. The first kappa shape index (κ1) is 16.0. The number of amides is 1. The first-order chi connectivity index (χ1) is 9.91. The normalized spacial score (nSPS) is 22.0. The molecular formula is C18H27NO2. The van der Waals surface area contributed by atoms with Crippen LogP contribution in [0.5, 0.6) is 0 Å². The van der Waals surface area contributed by atoms with E-state index in [0.29, 0.717) is 11.8 Å². The molecule has 1 saturated carbocycles. The van der Waals surface area contributed by atoms with E-state index in [1.807, 2.05) is 0 Å². The molecule has 1 aliphatic carbocycles. The lowest BCUT2D eigenvalue weighted by Crippen LogP contribution is -2.29. The third-order valence-electron chi connectivity index (χ3n) is 4.44. The van der Waals surface area contributed by atoms with Gasteiger partial charge in [-0.2, -0.15) is 0 Å². The Morgan fingerprint density at radius 1 is 1.14 bits per heavy atom. The molecule has 0 aromatic heterocycles. The first-order valence-corrected chi connectivity index (χ1v) is 8.03. The smallest absolute Gasteiger partial charge is 0.230 e. The van der Waals surface area contributed by atoms with Crippen LogP contribution in [-0.2, 0) is 4.79 Å². The van der Waals surface area contributed by atoms with Gasteiger partial charge in [-0.1, -0.05) is 45.9 Å². The van der Waals surface area contributed by atoms with E-state index in [9.17, 15) is 9.90 Å². The summed E-state index contributed by atoms with van der Waals surface area (Å²) < 4.78 is 0. The summed E-state index contributed by atoms with van der Waals surface area (Å²) in [6, 6.07) is 6.22. The van der Waals surface area contributed by atoms with Crippen molar-refractivity contribution in [2.45, 2.75) is 64.9 Å². The largest absolute Gasteiger partial charge is 0.392 e. The summed E-state index contributed by atoms with van der Waals surface area (Å²) in [5.74, 6) is 0.417. The van der Waals surface area contributed by atoms with E-state index in [1.165, 1.54) is 11.1 Å². The molecule has 1 aromatic rings. The van der Waals surface area contributed by atoms with Crippen molar-refractivity contribution in [3.63, 3.8) is 0 Å². The van der Waals surface area contributed by atoms with E-state index in [0.717, 1.165) is 24.9 Å². The van der Waals surface area contributed by atoms with Gasteiger partial charge >= 0.3 is 0 Å². The van der Waals surface area contributed by atoms with Crippen molar-refractivity contribution in [2.75, 3.05) is 5.32 Å². The van der Waals surface area contributed by atoms with Gasteiger partial charge in [-0.15, -0.1) is 0 Å². The number of carbonyl (C=O) groups is 1. The molecule has 0 saturated heterocycles. The van der Waals surface area contributed by atoms with Gasteiger partial charge < -0.3 is 10.4 Å². The minimum Gasteiger partial charge on any atom is -0.392 e. The minimum absolute atomic E-state index is 0.0324. The number of carbonyl (C=O) groups excluding carboxylic acids is 1. The Kier molecular flexibility index (Phi) is 5.04. The highest BCUT2D eigenvalue weighted by Crippen LogP contribution is 2.34. The number of benzene rings is 1. The molecule has 0 radical (unpaired) electrons. The Hall–Kier alpha value is -1.35. The standard InChI is InChI=1S/C18H27NO2/c1-11(2)13-7-5-8-14(12(3)4)17(13)19-18(21)15-9-6-10-16(15)20/h5,7-8,11-12,15-16,20H,6,9-10H2,1-4H3,(H,19,21). The number of hydrogen-bond acceptors (Lipinski definition) is 2. The zero-order chi connectivity index (χ0) is 15.6. The third-order valence-corrected chi connectivity index (χ3v) is 4.44. The quantitative estimate of drug-likeness (QED) is 0.879. The van der Waals surface area contributed by atoms with Crippen LogP contribution in [0.1, 0.15) is 69.9 Å². The van der Waals surface area contributed by atoms with E-state index in [1.54, 1.807) is 0 Å². The van der Waals surface area contributed by atoms with Crippen LogP contribution in [0.15, 0.2) is 18.2 Å². The summed E-state index contributed by atoms with van der Waals surface area (Å²) in [7, 11) is 0. The second-order valence-corrected chi connectivity index (χ2v) is 6.71. The van der Waals surface area contributed by atoms with Gasteiger partial charge in [0.15, 0.2) is 0 Å². The van der Waals surface area contributed by atoms with Gasteiger partial charge in [-0.25, -0.2) is 0 Å². The molecule has 1 fully saturated rings. The van der Waals surface area contributed by atoms with Crippen LogP contribution in [0.2, 0.25) is 0 Å². The summed E-state index contributed by atoms with van der Waals surface area (Å²) in [6.45, 7) is 8.55. The van der Waals surface area contributed by atoms with Crippen LogP contribution in [0.4, 0.5) is 5.69 Å². The molecule has 2 unspecified atom stereocenters. The maximum Gasteiger partial charge on any atom is 0.230 e. The lowest BCUT2D eigenvalue weighted by atomic mass is 9.92. The fraction of sp³-hybridized carbons (Fsp3) is 0.611. The number of aliphatic hydroxyl groups is 1. The Labute approximate surface area is 127 Å². The molecular weight excluding hydrogens is 262 g/mol. The summed E-state index contributed by atoms with van der Waals surface area (Å²) in [6.07, 6.45) is 1.97. The predicted octanol–water partition coefficient (Wildman–Crippen LogP) is 4.03. The summed E-state index contributed by atoms with van der Waals surface area (Å²) in [4.78, 5) is 12.5. The van der Waals surface area contributed by atoms with E-state index < -0.39 is 6.10 Å². The maximum absolute atomic E-state index is 12.5. The van der Waals surface area contributed by atoms with Gasteiger partial charge in [0, 0.05) is 5.69 Å². The number of anilines is 1. The molecule has 1 amide bonds. The second kappa shape index (κ2) is 6.61. The lowest BCUT2D eigenvalue weighted by Gasteiger charge is -2.22. The highest BCUT2D eigenvalue weighted by molar-refractivity contribution is 5.94. The summed E-state index contributed by atoms with van der Waals surface area (Å²) >= 11 is 0. The SMILES string of the molecule is CC(C)c1cccc(C(C)C)c1NC(=O)C1CCCC1O. The Morgan fingerprint density at radius 2 is 1.71 bits per heavy atom. The lowest BCUT2D eigenvalue weighted by molar-refractivity contribution is -0.122. The summed E-state index contributed by atoms with van der Waals surface area (Å²) in [5.41, 5.74) is 3.29. The predicted molar refractivity (Wildman–Crippen MR) is 86.6 cm³/mol. The molecule has 2 rings (SSSR count).